The molecule has 1 fully saturated rings. The summed E-state index contributed by atoms with van der Waals surface area (Å²) < 4.78 is 11.0. The first-order valence-electron chi connectivity index (χ1n) is 9.71. The summed E-state index contributed by atoms with van der Waals surface area (Å²) >= 11 is 0. The summed E-state index contributed by atoms with van der Waals surface area (Å²) in [5, 5.41) is 3.80. The standard InChI is InChI=1S/C21H25N5O2/c1-17-22-21(28-24-17)19-9-5-10-20(23-19)27-16-6-11-25-12-14-26(15-13-25)18-7-3-2-4-8-18/h2-5,7-10H,6,11-16H2,1H3. The Kier molecular flexibility index (Phi) is 5.82. The predicted molar refractivity (Wildman–Crippen MR) is 107 cm³/mol. The van der Waals surface area contributed by atoms with Gasteiger partial charge in [-0.25, -0.2) is 4.98 Å². The Balaban J connectivity index is 1.19. The van der Waals surface area contributed by atoms with E-state index in [-0.39, 0.29) is 0 Å². The maximum atomic E-state index is 5.82. The van der Waals surface area contributed by atoms with Gasteiger partial charge in [0.2, 0.25) is 5.88 Å². The number of hydrogen-bond donors (Lipinski definition) is 0. The number of rotatable bonds is 7. The summed E-state index contributed by atoms with van der Waals surface area (Å²) in [6, 6.07) is 16.2. The highest BCUT2D eigenvalue weighted by Crippen LogP contribution is 2.18. The molecule has 1 aliphatic rings. The molecule has 0 amide bonds. The third-order valence-electron chi connectivity index (χ3n) is 4.83. The molecular formula is C21H25N5O2. The smallest absolute Gasteiger partial charge is 0.276 e. The van der Waals surface area contributed by atoms with Gasteiger partial charge >= 0.3 is 0 Å². The van der Waals surface area contributed by atoms with Crippen LogP contribution in [0, 0.1) is 6.92 Å². The number of nitrogens with zero attached hydrogens (tertiary/aromatic N) is 5. The number of piperazine rings is 1. The van der Waals surface area contributed by atoms with Crippen molar-refractivity contribution in [2.75, 3.05) is 44.2 Å². The van der Waals surface area contributed by atoms with Crippen LogP contribution in [-0.4, -0.2) is 59.4 Å². The van der Waals surface area contributed by atoms with E-state index in [0.717, 1.165) is 39.1 Å². The zero-order valence-corrected chi connectivity index (χ0v) is 16.1. The molecule has 4 rings (SSSR count). The summed E-state index contributed by atoms with van der Waals surface area (Å²) in [5.41, 5.74) is 1.95. The van der Waals surface area contributed by atoms with Crippen LogP contribution in [0.3, 0.4) is 0 Å². The molecule has 3 aromatic rings. The molecule has 7 nitrogen and oxygen atoms in total. The highest BCUT2D eigenvalue weighted by atomic mass is 16.5. The molecule has 2 aromatic heterocycles. The third kappa shape index (κ3) is 4.67. The second kappa shape index (κ2) is 8.84. The van der Waals surface area contributed by atoms with Crippen molar-refractivity contribution in [3.63, 3.8) is 0 Å². The van der Waals surface area contributed by atoms with Crippen LogP contribution in [0.2, 0.25) is 0 Å². The molecular weight excluding hydrogens is 354 g/mol. The number of hydrogen-bond acceptors (Lipinski definition) is 7. The maximum Gasteiger partial charge on any atom is 0.276 e. The molecule has 0 unspecified atom stereocenters. The fraction of sp³-hybridized carbons (Fsp3) is 0.381. The summed E-state index contributed by atoms with van der Waals surface area (Å²) in [7, 11) is 0. The number of pyridine rings is 1. The minimum atomic E-state index is 0.416. The lowest BCUT2D eigenvalue weighted by Crippen LogP contribution is -2.46. The summed E-state index contributed by atoms with van der Waals surface area (Å²) in [5.74, 6) is 1.59. The van der Waals surface area contributed by atoms with Crippen molar-refractivity contribution in [3.8, 4) is 17.5 Å². The van der Waals surface area contributed by atoms with Gasteiger partial charge in [0.25, 0.3) is 5.89 Å². The third-order valence-corrected chi connectivity index (χ3v) is 4.83. The molecule has 0 N–H and O–H groups in total. The first-order chi connectivity index (χ1) is 13.8. The predicted octanol–water partition coefficient (Wildman–Crippen LogP) is 3.03. The highest BCUT2D eigenvalue weighted by molar-refractivity contribution is 5.47. The van der Waals surface area contributed by atoms with Gasteiger partial charge in [-0.15, -0.1) is 0 Å². The molecule has 7 heteroatoms. The van der Waals surface area contributed by atoms with E-state index in [0.29, 0.717) is 29.9 Å². The van der Waals surface area contributed by atoms with Crippen LogP contribution in [0.5, 0.6) is 5.88 Å². The van der Waals surface area contributed by atoms with Crippen LogP contribution in [0.15, 0.2) is 53.1 Å². The Morgan fingerprint density at radius 1 is 0.964 bits per heavy atom. The number of aryl methyl sites for hydroxylation is 1. The monoisotopic (exact) mass is 379 g/mol. The lowest BCUT2D eigenvalue weighted by Gasteiger charge is -2.36. The van der Waals surface area contributed by atoms with Gasteiger partial charge in [0.05, 0.1) is 6.61 Å². The average molecular weight is 379 g/mol. The lowest BCUT2D eigenvalue weighted by molar-refractivity contribution is 0.222. The van der Waals surface area contributed by atoms with Crippen LogP contribution in [-0.2, 0) is 0 Å². The molecule has 0 radical (unpaired) electrons. The Labute approximate surface area is 164 Å². The van der Waals surface area contributed by atoms with Gasteiger partial charge in [0.1, 0.15) is 5.69 Å². The summed E-state index contributed by atoms with van der Waals surface area (Å²) in [4.78, 5) is 13.6. The maximum absolute atomic E-state index is 5.82. The fourth-order valence-corrected chi connectivity index (χ4v) is 3.35. The first kappa shape index (κ1) is 18.4. The van der Waals surface area contributed by atoms with E-state index in [1.54, 1.807) is 6.92 Å². The van der Waals surface area contributed by atoms with Gasteiger partial charge in [0.15, 0.2) is 5.82 Å². The Bertz CT molecular complexity index is 875. The largest absolute Gasteiger partial charge is 0.478 e. The number of ether oxygens (including phenoxy) is 1. The Morgan fingerprint density at radius 2 is 1.79 bits per heavy atom. The lowest BCUT2D eigenvalue weighted by atomic mass is 10.2. The second-order valence-electron chi connectivity index (χ2n) is 6.87. The van der Waals surface area contributed by atoms with Gasteiger partial charge in [0, 0.05) is 44.5 Å². The van der Waals surface area contributed by atoms with Crippen LogP contribution in [0.4, 0.5) is 5.69 Å². The molecule has 1 aliphatic heterocycles. The van der Waals surface area contributed by atoms with Crippen molar-refractivity contribution in [2.24, 2.45) is 0 Å². The van der Waals surface area contributed by atoms with Crippen molar-refractivity contribution in [3.05, 3.63) is 54.4 Å². The molecule has 0 spiro atoms. The number of para-hydroxylation sites is 1. The van der Waals surface area contributed by atoms with Crippen LogP contribution < -0.4 is 9.64 Å². The van der Waals surface area contributed by atoms with E-state index in [4.69, 9.17) is 9.26 Å². The van der Waals surface area contributed by atoms with Crippen LogP contribution >= 0.6 is 0 Å². The summed E-state index contributed by atoms with van der Waals surface area (Å²) in [6.45, 7) is 7.75. The molecule has 28 heavy (non-hydrogen) atoms. The van der Waals surface area contributed by atoms with Crippen molar-refractivity contribution in [1.82, 2.24) is 20.0 Å². The molecule has 3 heterocycles. The van der Waals surface area contributed by atoms with Crippen molar-refractivity contribution in [2.45, 2.75) is 13.3 Å². The van der Waals surface area contributed by atoms with E-state index < -0.39 is 0 Å². The molecule has 1 aromatic carbocycles. The van der Waals surface area contributed by atoms with Gasteiger partial charge < -0.3 is 14.2 Å². The Hall–Kier alpha value is -2.93. The van der Waals surface area contributed by atoms with E-state index >= 15 is 0 Å². The van der Waals surface area contributed by atoms with Gasteiger partial charge in [-0.2, -0.15) is 4.98 Å². The Morgan fingerprint density at radius 3 is 2.54 bits per heavy atom. The van der Waals surface area contributed by atoms with Gasteiger partial charge in [-0.05, 0) is 31.5 Å². The van der Waals surface area contributed by atoms with Crippen LogP contribution in [0.25, 0.3) is 11.6 Å². The molecule has 0 atom stereocenters. The van der Waals surface area contributed by atoms with Crippen molar-refractivity contribution < 1.29 is 9.26 Å². The molecule has 146 valence electrons. The van der Waals surface area contributed by atoms with E-state index in [2.05, 4.69) is 55.3 Å². The summed E-state index contributed by atoms with van der Waals surface area (Å²) in [6.07, 6.45) is 0.969. The topological polar surface area (TPSA) is 67.5 Å². The quantitative estimate of drug-likeness (QED) is 0.585. The normalized spacial score (nSPS) is 15.0. The zero-order chi connectivity index (χ0) is 19.2. The SMILES string of the molecule is Cc1noc(-c2cccc(OCCCN3CCN(c4ccccc4)CC3)n2)n1. The number of aromatic nitrogens is 3. The van der Waals surface area contributed by atoms with Gasteiger partial charge in [-0.1, -0.05) is 29.4 Å². The molecule has 0 aliphatic carbocycles. The fourth-order valence-electron chi connectivity index (χ4n) is 3.35. The minimum absolute atomic E-state index is 0.416. The van der Waals surface area contributed by atoms with Gasteiger partial charge in [-0.3, -0.25) is 4.90 Å². The number of anilines is 1. The van der Waals surface area contributed by atoms with Crippen molar-refractivity contribution >= 4 is 5.69 Å². The van der Waals surface area contributed by atoms with Crippen molar-refractivity contribution in [1.29, 1.82) is 0 Å². The molecule has 1 saturated heterocycles. The first-order valence-corrected chi connectivity index (χ1v) is 9.71. The minimum Gasteiger partial charge on any atom is -0.478 e. The molecule has 0 bridgehead atoms. The van der Waals surface area contributed by atoms with Crippen LogP contribution in [0.1, 0.15) is 12.2 Å². The van der Waals surface area contributed by atoms with E-state index in [1.165, 1.54) is 5.69 Å². The zero-order valence-electron chi connectivity index (χ0n) is 16.1. The second-order valence-corrected chi connectivity index (χ2v) is 6.87. The van der Waals surface area contributed by atoms with E-state index in [9.17, 15) is 0 Å². The van der Waals surface area contributed by atoms with E-state index in [1.807, 2.05) is 18.2 Å². The molecule has 0 saturated carbocycles. The highest BCUT2D eigenvalue weighted by Gasteiger charge is 2.16. The number of benzene rings is 1. The average Bonchev–Trinajstić information content (AvgIpc) is 3.19.